The highest BCUT2D eigenvalue weighted by Gasteiger charge is 2.44. The molecule has 6 nitrogen and oxygen atoms in total. The molecule has 2 heterocycles. The number of rotatable bonds is 3. The lowest BCUT2D eigenvalue weighted by Crippen LogP contribution is -2.50. The van der Waals surface area contributed by atoms with Gasteiger partial charge in [0, 0.05) is 19.5 Å². The van der Waals surface area contributed by atoms with Gasteiger partial charge in [0.05, 0.1) is 29.8 Å². The molecule has 1 amide bonds. The second-order valence-corrected chi connectivity index (χ2v) is 6.45. The minimum absolute atomic E-state index is 0.154. The number of hydrogen-bond donors (Lipinski definition) is 0. The van der Waals surface area contributed by atoms with Crippen molar-refractivity contribution in [1.82, 2.24) is 13.6 Å². The molecule has 0 N–H and O–H groups in total. The molecule has 1 fully saturated rings. The van der Waals surface area contributed by atoms with Gasteiger partial charge >= 0.3 is 5.97 Å². The van der Waals surface area contributed by atoms with Gasteiger partial charge in [-0.15, -0.1) is 12.3 Å². The van der Waals surface area contributed by atoms with Crippen LogP contribution < -0.4 is 0 Å². The highest BCUT2D eigenvalue weighted by molar-refractivity contribution is 7.00. The van der Waals surface area contributed by atoms with Crippen LogP contribution in [0, 0.1) is 17.8 Å². The highest BCUT2D eigenvalue weighted by Crippen LogP contribution is 2.35. The van der Waals surface area contributed by atoms with Gasteiger partial charge in [-0.2, -0.15) is 8.75 Å². The Hall–Kier alpha value is -2.46. The Kier molecular flexibility index (Phi) is 4.49. The molecule has 1 saturated heterocycles. The zero-order valence-corrected chi connectivity index (χ0v) is 14.1. The monoisotopic (exact) mass is 343 g/mol. The molecule has 124 valence electrons. The predicted molar refractivity (Wildman–Crippen MR) is 90.5 cm³/mol. The summed E-state index contributed by atoms with van der Waals surface area (Å²) in [6, 6.07) is 5.35. The van der Waals surface area contributed by atoms with E-state index in [0.717, 1.165) is 11.7 Å². The van der Waals surface area contributed by atoms with Crippen LogP contribution in [0.1, 0.15) is 29.6 Å². The van der Waals surface area contributed by atoms with E-state index in [4.69, 9.17) is 11.2 Å². The highest BCUT2D eigenvalue weighted by atomic mass is 32.1. The van der Waals surface area contributed by atoms with Crippen molar-refractivity contribution in [2.75, 3.05) is 20.2 Å². The summed E-state index contributed by atoms with van der Waals surface area (Å²) in [6.45, 7) is 0.840. The van der Waals surface area contributed by atoms with E-state index in [1.54, 1.807) is 17.0 Å². The van der Waals surface area contributed by atoms with E-state index in [-0.39, 0.29) is 24.8 Å². The second-order valence-electron chi connectivity index (χ2n) is 5.92. The van der Waals surface area contributed by atoms with Crippen LogP contribution >= 0.6 is 11.7 Å². The topological polar surface area (TPSA) is 72.4 Å². The molecule has 1 atom stereocenters. The standard InChI is InChI=1S/C17H17N3O3S/c1-3-8-17(16(22)23-2)9-5-10-20(11-17)15(21)12-6-4-7-13-14(12)19-24-18-13/h1,4,6-7H,5,8-11H2,2H3. The van der Waals surface area contributed by atoms with Crippen LogP contribution in [0.15, 0.2) is 18.2 Å². The van der Waals surface area contributed by atoms with Crippen molar-refractivity contribution in [2.45, 2.75) is 19.3 Å². The summed E-state index contributed by atoms with van der Waals surface area (Å²) in [5.74, 6) is 2.05. The third-order valence-corrected chi connectivity index (χ3v) is 4.98. The van der Waals surface area contributed by atoms with Crippen LogP contribution in [0.2, 0.25) is 0 Å². The van der Waals surface area contributed by atoms with E-state index >= 15 is 0 Å². The number of piperidine rings is 1. The van der Waals surface area contributed by atoms with Gasteiger partial charge in [0.25, 0.3) is 5.91 Å². The molecule has 2 aromatic rings. The van der Waals surface area contributed by atoms with E-state index in [2.05, 4.69) is 14.7 Å². The molecule has 0 saturated carbocycles. The number of carbonyl (C=O) groups is 2. The first-order valence-electron chi connectivity index (χ1n) is 7.64. The van der Waals surface area contributed by atoms with Crippen LogP contribution in [-0.4, -0.2) is 45.7 Å². The lowest BCUT2D eigenvalue weighted by Gasteiger charge is -2.39. The number of aromatic nitrogens is 2. The van der Waals surface area contributed by atoms with Gasteiger partial charge in [-0.3, -0.25) is 9.59 Å². The first-order valence-corrected chi connectivity index (χ1v) is 8.37. The number of nitrogens with zero attached hydrogens (tertiary/aromatic N) is 3. The minimum atomic E-state index is -0.828. The van der Waals surface area contributed by atoms with E-state index in [1.165, 1.54) is 7.11 Å². The molecule has 7 heteroatoms. The minimum Gasteiger partial charge on any atom is -0.469 e. The lowest BCUT2D eigenvalue weighted by molar-refractivity contribution is -0.155. The number of terminal acetylenes is 1. The Balaban J connectivity index is 1.91. The maximum absolute atomic E-state index is 13.0. The van der Waals surface area contributed by atoms with E-state index < -0.39 is 5.41 Å². The number of methoxy groups -OCH3 is 1. The Morgan fingerprint density at radius 1 is 1.46 bits per heavy atom. The maximum Gasteiger partial charge on any atom is 0.314 e. The van der Waals surface area contributed by atoms with Crippen LogP contribution in [0.5, 0.6) is 0 Å². The summed E-state index contributed by atoms with van der Waals surface area (Å²) >= 11 is 1.08. The van der Waals surface area contributed by atoms with Gasteiger partial charge in [-0.05, 0) is 25.0 Å². The van der Waals surface area contributed by atoms with Crippen LogP contribution in [-0.2, 0) is 9.53 Å². The molecular weight excluding hydrogens is 326 g/mol. The van der Waals surface area contributed by atoms with Crippen LogP contribution in [0.25, 0.3) is 11.0 Å². The predicted octanol–water partition coefficient (Wildman–Crippen LogP) is 2.11. The number of carbonyl (C=O) groups excluding carboxylic acids is 2. The van der Waals surface area contributed by atoms with E-state index in [0.29, 0.717) is 36.0 Å². The lowest BCUT2D eigenvalue weighted by atomic mass is 9.77. The van der Waals surface area contributed by atoms with Crippen molar-refractivity contribution < 1.29 is 14.3 Å². The third-order valence-electron chi connectivity index (χ3n) is 4.44. The average molecular weight is 343 g/mol. The fraction of sp³-hybridized carbons (Fsp3) is 0.412. The van der Waals surface area contributed by atoms with Gasteiger partial charge in [-0.1, -0.05) is 6.07 Å². The van der Waals surface area contributed by atoms with Gasteiger partial charge in [-0.25, -0.2) is 0 Å². The van der Waals surface area contributed by atoms with Gasteiger partial charge in [0.1, 0.15) is 11.0 Å². The summed E-state index contributed by atoms with van der Waals surface area (Å²) in [4.78, 5) is 26.9. The Labute approximate surface area is 144 Å². The van der Waals surface area contributed by atoms with Crippen molar-refractivity contribution in [3.63, 3.8) is 0 Å². The molecular formula is C17H17N3O3S. The smallest absolute Gasteiger partial charge is 0.314 e. The van der Waals surface area contributed by atoms with E-state index in [9.17, 15) is 9.59 Å². The van der Waals surface area contributed by atoms with E-state index in [1.807, 2.05) is 6.07 Å². The normalized spacial score (nSPS) is 20.6. The van der Waals surface area contributed by atoms with Crippen molar-refractivity contribution in [3.8, 4) is 12.3 Å². The zero-order chi connectivity index (χ0) is 17.2. The first kappa shape index (κ1) is 16.4. The molecule has 0 aliphatic carbocycles. The molecule has 0 radical (unpaired) electrons. The van der Waals surface area contributed by atoms with Gasteiger partial charge in [0.15, 0.2) is 0 Å². The number of esters is 1. The Bertz CT molecular complexity index is 826. The SMILES string of the molecule is C#CCC1(C(=O)OC)CCCN(C(=O)c2cccc3nsnc23)C1. The number of fused-ring (bicyclic) bond motifs is 1. The summed E-state index contributed by atoms with van der Waals surface area (Å²) in [5, 5.41) is 0. The largest absolute Gasteiger partial charge is 0.469 e. The number of benzene rings is 1. The summed E-state index contributed by atoms with van der Waals surface area (Å²) in [7, 11) is 1.35. The summed E-state index contributed by atoms with van der Waals surface area (Å²) in [6.07, 6.45) is 7.03. The number of likely N-dealkylation sites (tertiary alicyclic amines) is 1. The zero-order valence-electron chi connectivity index (χ0n) is 13.3. The van der Waals surface area contributed by atoms with Crippen molar-refractivity contribution >= 4 is 34.6 Å². The number of amides is 1. The first-order chi connectivity index (χ1) is 11.6. The summed E-state index contributed by atoms with van der Waals surface area (Å²) < 4.78 is 13.3. The van der Waals surface area contributed by atoms with Crippen molar-refractivity contribution in [1.29, 1.82) is 0 Å². The fourth-order valence-electron chi connectivity index (χ4n) is 3.25. The van der Waals surface area contributed by atoms with Crippen molar-refractivity contribution in [2.24, 2.45) is 5.41 Å². The third kappa shape index (κ3) is 2.74. The van der Waals surface area contributed by atoms with Crippen LogP contribution in [0.4, 0.5) is 0 Å². The molecule has 0 spiro atoms. The second kappa shape index (κ2) is 6.57. The number of ether oxygens (including phenoxy) is 1. The van der Waals surface area contributed by atoms with Crippen molar-refractivity contribution in [3.05, 3.63) is 23.8 Å². The molecule has 1 aliphatic heterocycles. The van der Waals surface area contributed by atoms with Crippen LogP contribution in [0.3, 0.4) is 0 Å². The number of hydrogen-bond acceptors (Lipinski definition) is 6. The molecule has 1 aromatic carbocycles. The Morgan fingerprint density at radius 3 is 3.04 bits per heavy atom. The molecule has 1 aliphatic rings. The Morgan fingerprint density at radius 2 is 2.29 bits per heavy atom. The molecule has 24 heavy (non-hydrogen) atoms. The molecule has 1 aromatic heterocycles. The molecule has 1 unspecified atom stereocenters. The quantitative estimate of drug-likeness (QED) is 0.630. The van der Waals surface area contributed by atoms with Gasteiger partial charge < -0.3 is 9.64 Å². The average Bonchev–Trinajstić information content (AvgIpc) is 3.09. The summed E-state index contributed by atoms with van der Waals surface area (Å²) in [5.41, 5.74) is 0.970. The fourth-order valence-corrected chi connectivity index (χ4v) is 3.80. The molecule has 0 bridgehead atoms. The van der Waals surface area contributed by atoms with Gasteiger partial charge in [0.2, 0.25) is 0 Å². The molecule has 3 rings (SSSR count). The maximum atomic E-state index is 13.0.